The summed E-state index contributed by atoms with van der Waals surface area (Å²) in [6.45, 7) is 0.280. The van der Waals surface area contributed by atoms with Crippen molar-refractivity contribution in [1.82, 2.24) is 29.9 Å². The Bertz CT molecular complexity index is 1250. The van der Waals surface area contributed by atoms with E-state index in [9.17, 15) is 4.79 Å². The molecule has 4 rings (SSSR count). The third-order valence-electron chi connectivity index (χ3n) is 5.08. The molecule has 1 N–H and O–H groups in total. The van der Waals surface area contributed by atoms with Crippen LogP contribution in [0.1, 0.15) is 16.2 Å². The first-order valence-electron chi connectivity index (χ1n) is 9.99. The monoisotopic (exact) mass is 432 g/mol. The highest BCUT2D eigenvalue weighted by molar-refractivity contribution is 5.93. The minimum Gasteiger partial charge on any atom is -0.497 e. The Morgan fingerprint density at radius 1 is 0.969 bits per heavy atom. The first-order valence-corrected chi connectivity index (χ1v) is 9.99. The summed E-state index contributed by atoms with van der Waals surface area (Å²) in [4.78, 5) is 17.2. The molecule has 0 bridgehead atoms. The zero-order valence-corrected chi connectivity index (χ0v) is 18.4. The maximum atomic E-state index is 12.8. The molecule has 0 unspecified atom stereocenters. The van der Waals surface area contributed by atoms with E-state index in [0.717, 1.165) is 22.6 Å². The molecule has 1 amide bonds. The zero-order chi connectivity index (χ0) is 22.7. The predicted molar refractivity (Wildman–Crippen MR) is 119 cm³/mol. The summed E-state index contributed by atoms with van der Waals surface area (Å²) in [7, 11) is 6.77. The highest BCUT2D eigenvalue weighted by Crippen LogP contribution is 2.33. The third-order valence-corrected chi connectivity index (χ3v) is 5.08. The normalized spacial score (nSPS) is 10.8. The van der Waals surface area contributed by atoms with E-state index in [0.29, 0.717) is 22.9 Å². The van der Waals surface area contributed by atoms with Crippen molar-refractivity contribution in [2.75, 3.05) is 14.2 Å². The molecular formula is C23H24N6O3. The molecule has 32 heavy (non-hydrogen) atoms. The van der Waals surface area contributed by atoms with Gasteiger partial charge in [-0.05, 0) is 42.5 Å². The average molecular weight is 432 g/mol. The largest absolute Gasteiger partial charge is 0.497 e. The lowest BCUT2D eigenvalue weighted by Gasteiger charge is -2.08. The number of hydrogen-bond acceptors (Lipinski definition) is 6. The van der Waals surface area contributed by atoms with Crippen molar-refractivity contribution < 1.29 is 14.3 Å². The van der Waals surface area contributed by atoms with E-state index in [1.54, 1.807) is 42.9 Å². The number of amides is 1. The van der Waals surface area contributed by atoms with Gasteiger partial charge in [0.05, 0.1) is 43.5 Å². The smallest absolute Gasteiger partial charge is 0.269 e. The van der Waals surface area contributed by atoms with Crippen LogP contribution in [0, 0.1) is 0 Å². The quantitative estimate of drug-likeness (QED) is 0.482. The SMILES string of the molecule is COc1ccc(OC)c(-c2cc(C(=O)NCc3cc(-c4ccccn4)n(C)n3)n(C)n2)c1. The van der Waals surface area contributed by atoms with Gasteiger partial charge in [-0.3, -0.25) is 19.1 Å². The molecule has 164 valence electrons. The fourth-order valence-corrected chi connectivity index (χ4v) is 3.45. The molecule has 9 nitrogen and oxygen atoms in total. The second kappa shape index (κ2) is 8.93. The Balaban J connectivity index is 1.52. The number of carbonyl (C=O) groups excluding carboxylic acids is 1. The van der Waals surface area contributed by atoms with Crippen molar-refractivity contribution in [1.29, 1.82) is 0 Å². The van der Waals surface area contributed by atoms with Crippen molar-refractivity contribution in [3.05, 3.63) is 66.1 Å². The number of nitrogens with one attached hydrogen (secondary N) is 1. The Morgan fingerprint density at radius 2 is 1.81 bits per heavy atom. The molecule has 0 aliphatic heterocycles. The number of benzene rings is 1. The van der Waals surface area contributed by atoms with Gasteiger partial charge in [0.2, 0.25) is 0 Å². The van der Waals surface area contributed by atoms with Gasteiger partial charge in [0.1, 0.15) is 17.2 Å². The van der Waals surface area contributed by atoms with E-state index in [-0.39, 0.29) is 12.5 Å². The summed E-state index contributed by atoms with van der Waals surface area (Å²) in [6, 6.07) is 14.8. The summed E-state index contributed by atoms with van der Waals surface area (Å²) in [5.41, 5.74) is 4.21. The van der Waals surface area contributed by atoms with E-state index < -0.39 is 0 Å². The number of ether oxygens (including phenoxy) is 2. The molecular weight excluding hydrogens is 408 g/mol. The summed E-state index contributed by atoms with van der Waals surface area (Å²) in [6.07, 6.45) is 1.74. The van der Waals surface area contributed by atoms with Crippen molar-refractivity contribution in [3.63, 3.8) is 0 Å². The van der Waals surface area contributed by atoms with Gasteiger partial charge >= 0.3 is 0 Å². The Labute approximate surface area is 185 Å². The van der Waals surface area contributed by atoms with Gasteiger partial charge in [0, 0.05) is 25.9 Å². The molecule has 0 radical (unpaired) electrons. The Hall–Kier alpha value is -4.14. The maximum Gasteiger partial charge on any atom is 0.269 e. The topological polar surface area (TPSA) is 96.1 Å². The summed E-state index contributed by atoms with van der Waals surface area (Å²) < 4.78 is 14.0. The lowest BCUT2D eigenvalue weighted by molar-refractivity contribution is 0.0941. The number of hydrogen-bond donors (Lipinski definition) is 1. The molecule has 1 aromatic carbocycles. The van der Waals surface area contributed by atoms with Gasteiger partial charge in [-0.15, -0.1) is 0 Å². The molecule has 3 heterocycles. The second-order valence-corrected chi connectivity index (χ2v) is 7.15. The van der Waals surface area contributed by atoms with Crippen LogP contribution >= 0.6 is 0 Å². The van der Waals surface area contributed by atoms with E-state index in [1.807, 2.05) is 49.5 Å². The molecule has 0 fully saturated rings. The average Bonchev–Trinajstić information content (AvgIpc) is 3.39. The molecule has 0 atom stereocenters. The Kier molecular flexibility index (Phi) is 5.89. The fourth-order valence-electron chi connectivity index (χ4n) is 3.45. The van der Waals surface area contributed by atoms with Crippen LogP contribution in [0.25, 0.3) is 22.6 Å². The van der Waals surface area contributed by atoms with Crippen LogP contribution in [0.2, 0.25) is 0 Å². The molecule has 9 heteroatoms. The Morgan fingerprint density at radius 3 is 2.53 bits per heavy atom. The van der Waals surface area contributed by atoms with E-state index in [2.05, 4.69) is 20.5 Å². The van der Waals surface area contributed by atoms with Crippen molar-refractivity contribution in [2.45, 2.75) is 6.54 Å². The summed E-state index contributed by atoms with van der Waals surface area (Å²) in [5, 5.41) is 11.9. The van der Waals surface area contributed by atoms with Crippen molar-refractivity contribution in [2.24, 2.45) is 14.1 Å². The second-order valence-electron chi connectivity index (χ2n) is 7.15. The summed E-state index contributed by atoms with van der Waals surface area (Å²) >= 11 is 0. The molecule has 0 spiro atoms. The van der Waals surface area contributed by atoms with Crippen LogP contribution in [0.4, 0.5) is 0 Å². The van der Waals surface area contributed by atoms with Gasteiger partial charge in [-0.2, -0.15) is 10.2 Å². The van der Waals surface area contributed by atoms with Crippen LogP contribution < -0.4 is 14.8 Å². The van der Waals surface area contributed by atoms with Crippen LogP contribution in [0.3, 0.4) is 0 Å². The molecule has 4 aromatic rings. The highest BCUT2D eigenvalue weighted by atomic mass is 16.5. The molecule has 0 saturated heterocycles. The predicted octanol–water partition coefficient (Wildman–Crippen LogP) is 2.83. The van der Waals surface area contributed by atoms with Crippen molar-refractivity contribution in [3.8, 4) is 34.1 Å². The minimum absolute atomic E-state index is 0.252. The van der Waals surface area contributed by atoms with Crippen LogP contribution in [0.5, 0.6) is 11.5 Å². The van der Waals surface area contributed by atoms with Gasteiger partial charge < -0.3 is 14.8 Å². The third kappa shape index (κ3) is 4.18. The minimum atomic E-state index is -0.252. The van der Waals surface area contributed by atoms with Gasteiger partial charge in [0.15, 0.2) is 0 Å². The number of carbonyl (C=O) groups is 1. The number of nitrogens with zero attached hydrogens (tertiary/aromatic N) is 5. The number of aryl methyl sites for hydroxylation is 2. The lowest BCUT2D eigenvalue weighted by Crippen LogP contribution is -2.25. The van der Waals surface area contributed by atoms with E-state index >= 15 is 0 Å². The number of pyridine rings is 1. The zero-order valence-electron chi connectivity index (χ0n) is 18.4. The standard InChI is InChI=1S/C23H24N6O3/c1-28-20(18-7-5-6-10-24-18)11-15(26-28)14-25-23(30)21-13-19(27-29(21)2)17-12-16(31-3)8-9-22(17)32-4/h5-13H,14H2,1-4H3,(H,25,30). The van der Waals surface area contributed by atoms with E-state index in [1.165, 1.54) is 0 Å². The first-order chi connectivity index (χ1) is 15.5. The van der Waals surface area contributed by atoms with Gasteiger partial charge in [-0.25, -0.2) is 0 Å². The van der Waals surface area contributed by atoms with Crippen LogP contribution in [0.15, 0.2) is 54.7 Å². The van der Waals surface area contributed by atoms with Crippen molar-refractivity contribution >= 4 is 5.91 Å². The van der Waals surface area contributed by atoms with Gasteiger partial charge in [-0.1, -0.05) is 6.07 Å². The van der Waals surface area contributed by atoms with Gasteiger partial charge in [0.25, 0.3) is 5.91 Å². The lowest BCUT2D eigenvalue weighted by atomic mass is 10.1. The van der Waals surface area contributed by atoms with Crippen LogP contribution in [-0.4, -0.2) is 44.7 Å². The molecule has 3 aromatic heterocycles. The number of methoxy groups -OCH3 is 2. The number of rotatable bonds is 7. The molecule has 0 aliphatic carbocycles. The maximum absolute atomic E-state index is 12.8. The van der Waals surface area contributed by atoms with Crippen LogP contribution in [-0.2, 0) is 20.6 Å². The highest BCUT2D eigenvalue weighted by Gasteiger charge is 2.18. The summed E-state index contributed by atoms with van der Waals surface area (Å²) in [5.74, 6) is 1.07. The molecule has 0 aliphatic rings. The van der Waals surface area contributed by atoms with E-state index in [4.69, 9.17) is 9.47 Å². The molecule has 0 saturated carbocycles. The number of aromatic nitrogens is 5. The first kappa shape index (κ1) is 21.1. The fraction of sp³-hybridized carbons (Fsp3) is 0.217.